The quantitative estimate of drug-likeness (QED) is 0.837. The van der Waals surface area contributed by atoms with E-state index in [9.17, 15) is 4.79 Å². The summed E-state index contributed by atoms with van der Waals surface area (Å²) in [4.78, 5) is 14.2. The molecule has 0 aromatic heterocycles. The second kappa shape index (κ2) is 8.89. The van der Waals surface area contributed by atoms with Crippen LogP contribution in [0.1, 0.15) is 31.4 Å². The zero-order valence-corrected chi connectivity index (χ0v) is 14.4. The van der Waals surface area contributed by atoms with Crippen LogP contribution in [0, 0.1) is 5.92 Å². The molecule has 1 aliphatic rings. The number of amides is 1. The number of carbonyl (C=O) groups is 1. The maximum Gasteiger partial charge on any atom is 0.246 e. The molecule has 0 unspecified atom stereocenters. The van der Waals surface area contributed by atoms with Crippen LogP contribution in [0.4, 0.5) is 0 Å². The highest BCUT2D eigenvalue weighted by Gasteiger charge is 2.30. The average Bonchev–Trinajstić information content (AvgIpc) is 2.58. The topological polar surface area (TPSA) is 50.8 Å². The van der Waals surface area contributed by atoms with Gasteiger partial charge in [-0.25, -0.2) is 0 Å². The molecule has 0 aliphatic carbocycles. The number of hydrogen-bond donors (Lipinski definition) is 1. The van der Waals surface area contributed by atoms with Crippen LogP contribution in [-0.2, 0) is 9.53 Å². The number of hydrogen-bond acceptors (Lipinski definition) is 4. The molecule has 0 radical (unpaired) electrons. The molecule has 1 aromatic rings. The summed E-state index contributed by atoms with van der Waals surface area (Å²) < 4.78 is 10.4. The molecule has 1 aromatic carbocycles. The molecule has 23 heavy (non-hydrogen) atoms. The Morgan fingerprint density at radius 2 is 2.09 bits per heavy atom. The Bertz CT molecular complexity index is 490. The van der Waals surface area contributed by atoms with Gasteiger partial charge in [0.25, 0.3) is 0 Å². The molecule has 128 valence electrons. The molecule has 0 spiro atoms. The van der Waals surface area contributed by atoms with Gasteiger partial charge in [0, 0.05) is 19.2 Å². The van der Waals surface area contributed by atoms with E-state index < -0.39 is 0 Å². The number of piperidine rings is 1. The highest BCUT2D eigenvalue weighted by atomic mass is 16.5. The summed E-state index contributed by atoms with van der Waals surface area (Å²) in [6.45, 7) is 4.37. The third-order valence-corrected chi connectivity index (χ3v) is 4.46. The molecule has 0 saturated carbocycles. The molecular formula is C18H28N2O3. The molecule has 2 atom stereocenters. The fourth-order valence-electron chi connectivity index (χ4n) is 3.29. The van der Waals surface area contributed by atoms with E-state index in [1.807, 2.05) is 19.1 Å². The van der Waals surface area contributed by atoms with Crippen LogP contribution < -0.4 is 10.1 Å². The second-order valence-corrected chi connectivity index (χ2v) is 6.04. The van der Waals surface area contributed by atoms with Crippen molar-refractivity contribution in [3.63, 3.8) is 0 Å². The molecule has 1 heterocycles. The summed E-state index contributed by atoms with van der Waals surface area (Å²) in [7, 11) is 3.83. The molecule has 5 nitrogen and oxygen atoms in total. The summed E-state index contributed by atoms with van der Waals surface area (Å²) in [6.07, 6.45) is 2.28. The Labute approximate surface area is 139 Å². The van der Waals surface area contributed by atoms with Gasteiger partial charge in [0.15, 0.2) is 0 Å². The predicted octanol–water partition coefficient (Wildman–Crippen LogP) is 2.23. The van der Waals surface area contributed by atoms with Crippen LogP contribution >= 0.6 is 0 Å². The molecule has 2 rings (SSSR count). The maximum absolute atomic E-state index is 11.8. The van der Waals surface area contributed by atoms with Crippen LogP contribution in [0.25, 0.3) is 0 Å². The number of nitrogens with zero attached hydrogens (tertiary/aromatic N) is 1. The van der Waals surface area contributed by atoms with Gasteiger partial charge < -0.3 is 14.8 Å². The van der Waals surface area contributed by atoms with Crippen LogP contribution in [-0.4, -0.2) is 51.3 Å². The number of rotatable bonds is 7. The molecule has 1 fully saturated rings. The van der Waals surface area contributed by atoms with Gasteiger partial charge >= 0.3 is 0 Å². The Balaban J connectivity index is 2.01. The summed E-state index contributed by atoms with van der Waals surface area (Å²) in [6, 6.07) is 8.58. The normalized spacial score (nSPS) is 21.9. The second-order valence-electron chi connectivity index (χ2n) is 6.04. The van der Waals surface area contributed by atoms with Crippen LogP contribution in [0.5, 0.6) is 5.75 Å². The fraction of sp³-hybridized carbons (Fsp3) is 0.611. The van der Waals surface area contributed by atoms with Gasteiger partial charge in [-0.3, -0.25) is 9.69 Å². The highest BCUT2D eigenvalue weighted by Crippen LogP contribution is 2.35. The fourth-order valence-corrected chi connectivity index (χ4v) is 3.29. The monoisotopic (exact) mass is 320 g/mol. The summed E-state index contributed by atoms with van der Waals surface area (Å²) in [5.41, 5.74) is 1.28. The number of benzene rings is 1. The molecule has 5 heteroatoms. The number of likely N-dealkylation sites (tertiary alicyclic amines) is 1. The third-order valence-electron chi connectivity index (χ3n) is 4.46. The Hall–Kier alpha value is -1.59. The molecular weight excluding hydrogens is 292 g/mol. The van der Waals surface area contributed by atoms with Gasteiger partial charge in [0.2, 0.25) is 5.91 Å². The van der Waals surface area contributed by atoms with E-state index in [1.54, 1.807) is 7.11 Å². The van der Waals surface area contributed by atoms with E-state index in [0.29, 0.717) is 25.1 Å². The lowest BCUT2D eigenvalue weighted by atomic mass is 9.85. The van der Waals surface area contributed by atoms with Crippen molar-refractivity contribution in [3.05, 3.63) is 29.8 Å². The van der Waals surface area contributed by atoms with Gasteiger partial charge in [0.1, 0.15) is 12.4 Å². The molecule has 1 amide bonds. The zero-order valence-electron chi connectivity index (χ0n) is 14.4. The smallest absolute Gasteiger partial charge is 0.246 e. The van der Waals surface area contributed by atoms with Crippen molar-refractivity contribution in [1.82, 2.24) is 10.2 Å². The van der Waals surface area contributed by atoms with Gasteiger partial charge in [0.05, 0.1) is 7.11 Å². The van der Waals surface area contributed by atoms with Gasteiger partial charge in [-0.05, 0) is 57.0 Å². The first kappa shape index (κ1) is 17.8. The predicted molar refractivity (Wildman–Crippen MR) is 90.6 cm³/mol. The SMILES string of the molecule is CCOCC(=O)NC[C@@H]1CCCN(C)[C@H]1c1ccc(OC)cc1. The summed E-state index contributed by atoms with van der Waals surface area (Å²) in [5, 5.41) is 3.01. The van der Waals surface area contributed by atoms with Crippen molar-refractivity contribution in [2.45, 2.75) is 25.8 Å². The standard InChI is InChI=1S/C18H28N2O3/c1-4-23-13-17(21)19-12-15-6-5-11-20(2)18(15)14-7-9-16(22-3)10-8-14/h7-10,15,18H,4-6,11-13H2,1-3H3,(H,19,21)/t15-,18-/m0/s1. The number of methoxy groups -OCH3 is 1. The maximum atomic E-state index is 11.8. The minimum atomic E-state index is -0.0337. The summed E-state index contributed by atoms with van der Waals surface area (Å²) in [5.74, 6) is 1.25. The van der Waals surface area contributed by atoms with Crippen LogP contribution in [0.15, 0.2) is 24.3 Å². The first-order valence-electron chi connectivity index (χ1n) is 8.34. The Morgan fingerprint density at radius 1 is 1.35 bits per heavy atom. The average molecular weight is 320 g/mol. The van der Waals surface area contributed by atoms with E-state index in [0.717, 1.165) is 25.1 Å². The van der Waals surface area contributed by atoms with E-state index in [2.05, 4.69) is 29.4 Å². The minimum Gasteiger partial charge on any atom is -0.497 e. The van der Waals surface area contributed by atoms with E-state index >= 15 is 0 Å². The van der Waals surface area contributed by atoms with Crippen LogP contribution in [0.2, 0.25) is 0 Å². The Kier molecular flexibility index (Phi) is 6.86. The molecule has 1 aliphatic heterocycles. The van der Waals surface area contributed by atoms with Crippen LogP contribution in [0.3, 0.4) is 0 Å². The lowest BCUT2D eigenvalue weighted by Gasteiger charge is -2.39. The van der Waals surface area contributed by atoms with Crippen molar-refractivity contribution in [3.8, 4) is 5.75 Å². The van der Waals surface area contributed by atoms with Crippen molar-refractivity contribution >= 4 is 5.91 Å². The third kappa shape index (κ3) is 4.94. The minimum absolute atomic E-state index is 0.0337. The van der Waals surface area contributed by atoms with Gasteiger partial charge in [-0.2, -0.15) is 0 Å². The largest absolute Gasteiger partial charge is 0.497 e. The van der Waals surface area contributed by atoms with Crippen molar-refractivity contribution < 1.29 is 14.3 Å². The number of ether oxygens (including phenoxy) is 2. The van der Waals surface area contributed by atoms with Crippen molar-refractivity contribution in [1.29, 1.82) is 0 Å². The van der Waals surface area contributed by atoms with Crippen molar-refractivity contribution in [2.24, 2.45) is 5.92 Å². The van der Waals surface area contributed by atoms with Gasteiger partial charge in [-0.1, -0.05) is 12.1 Å². The van der Waals surface area contributed by atoms with Crippen molar-refractivity contribution in [2.75, 3.05) is 40.5 Å². The molecule has 0 bridgehead atoms. The molecule has 1 saturated heterocycles. The molecule has 1 N–H and O–H groups in total. The number of carbonyl (C=O) groups excluding carboxylic acids is 1. The number of nitrogens with one attached hydrogen (secondary N) is 1. The summed E-state index contributed by atoms with van der Waals surface area (Å²) >= 11 is 0. The lowest BCUT2D eigenvalue weighted by Crippen LogP contribution is -2.42. The Morgan fingerprint density at radius 3 is 2.74 bits per heavy atom. The lowest BCUT2D eigenvalue weighted by molar-refractivity contribution is -0.125. The highest BCUT2D eigenvalue weighted by molar-refractivity contribution is 5.77. The first-order valence-corrected chi connectivity index (χ1v) is 8.34. The van der Waals surface area contributed by atoms with E-state index in [1.165, 1.54) is 5.56 Å². The zero-order chi connectivity index (χ0) is 16.7. The first-order chi connectivity index (χ1) is 11.2. The van der Waals surface area contributed by atoms with Gasteiger partial charge in [-0.15, -0.1) is 0 Å². The van der Waals surface area contributed by atoms with E-state index in [-0.39, 0.29) is 12.5 Å². The van der Waals surface area contributed by atoms with E-state index in [4.69, 9.17) is 9.47 Å².